The summed E-state index contributed by atoms with van der Waals surface area (Å²) in [6.45, 7) is 4.72. The van der Waals surface area contributed by atoms with Gasteiger partial charge in [0.2, 0.25) is 0 Å². The summed E-state index contributed by atoms with van der Waals surface area (Å²) in [4.78, 5) is 24.9. The predicted molar refractivity (Wildman–Crippen MR) is 76.4 cm³/mol. The Morgan fingerprint density at radius 3 is 2.80 bits per heavy atom. The van der Waals surface area contributed by atoms with E-state index in [4.69, 9.17) is 5.73 Å². The molecule has 1 aromatic carbocycles. The van der Waals surface area contributed by atoms with Crippen LogP contribution in [0.5, 0.6) is 0 Å². The molecule has 0 bridgehead atoms. The number of hydrogen-bond donors (Lipinski definition) is 1. The first-order valence-electron chi connectivity index (χ1n) is 6.77. The number of benzene rings is 1. The van der Waals surface area contributed by atoms with Gasteiger partial charge in [-0.25, -0.2) is 0 Å². The first-order valence-corrected chi connectivity index (χ1v) is 6.77. The zero-order valence-corrected chi connectivity index (χ0v) is 11.7. The first kappa shape index (κ1) is 14.3. The Morgan fingerprint density at radius 1 is 1.45 bits per heavy atom. The van der Waals surface area contributed by atoms with Crippen molar-refractivity contribution in [3.05, 3.63) is 33.9 Å². The number of nitrogens with two attached hydrogens (primary N) is 1. The number of nitro benzene ring substituents is 1. The molecule has 6 heteroatoms. The summed E-state index contributed by atoms with van der Waals surface area (Å²) in [5, 5.41) is 11.1. The average Bonchev–Trinajstić information content (AvgIpc) is 2.40. The highest BCUT2D eigenvalue weighted by molar-refractivity contribution is 6.00. The topological polar surface area (TPSA) is 89.5 Å². The lowest BCUT2D eigenvalue weighted by Crippen LogP contribution is -2.46. The lowest BCUT2D eigenvalue weighted by Gasteiger charge is -2.37. The van der Waals surface area contributed by atoms with Crippen LogP contribution in [0.2, 0.25) is 0 Å². The van der Waals surface area contributed by atoms with Crippen molar-refractivity contribution in [1.82, 2.24) is 4.90 Å². The Balaban J connectivity index is 2.39. The van der Waals surface area contributed by atoms with E-state index in [0.717, 1.165) is 12.8 Å². The fraction of sp³-hybridized carbons (Fsp3) is 0.500. The van der Waals surface area contributed by atoms with Crippen LogP contribution in [-0.2, 0) is 0 Å². The smallest absolute Gasteiger partial charge is 0.304 e. The summed E-state index contributed by atoms with van der Waals surface area (Å²) in [7, 11) is 0. The molecule has 2 N–H and O–H groups in total. The van der Waals surface area contributed by atoms with E-state index in [0.29, 0.717) is 12.5 Å². The lowest BCUT2D eigenvalue weighted by atomic mass is 9.91. The molecule has 0 radical (unpaired) electrons. The summed E-state index contributed by atoms with van der Waals surface area (Å²) >= 11 is 0. The third-order valence-electron chi connectivity index (χ3n) is 4.11. The Bertz CT molecular complexity index is 544. The van der Waals surface area contributed by atoms with Gasteiger partial charge in [-0.2, -0.15) is 0 Å². The molecule has 0 saturated carbocycles. The second kappa shape index (κ2) is 5.48. The molecule has 2 rings (SSSR count). The second-order valence-electron chi connectivity index (χ2n) is 5.36. The molecule has 2 atom stereocenters. The minimum absolute atomic E-state index is 0.0264. The van der Waals surface area contributed by atoms with Crippen LogP contribution in [0.15, 0.2) is 18.2 Å². The number of carbonyl (C=O) groups excluding carboxylic acids is 1. The van der Waals surface area contributed by atoms with Crippen molar-refractivity contribution in [2.24, 2.45) is 5.92 Å². The van der Waals surface area contributed by atoms with Gasteiger partial charge in [0, 0.05) is 12.6 Å². The maximum absolute atomic E-state index is 12.6. The molecule has 1 aliphatic heterocycles. The number of nitrogens with zero attached hydrogens (tertiary/aromatic N) is 2. The van der Waals surface area contributed by atoms with E-state index in [1.807, 2.05) is 6.92 Å². The van der Waals surface area contributed by atoms with Crippen LogP contribution in [0.1, 0.15) is 37.0 Å². The number of nitrogen functional groups attached to an aromatic ring is 1. The largest absolute Gasteiger partial charge is 0.393 e. The van der Waals surface area contributed by atoms with Crippen molar-refractivity contribution in [3.8, 4) is 0 Å². The van der Waals surface area contributed by atoms with E-state index < -0.39 is 4.92 Å². The number of para-hydroxylation sites is 1. The van der Waals surface area contributed by atoms with Gasteiger partial charge in [0.25, 0.3) is 5.91 Å². The number of nitro groups is 1. The normalized spacial score (nSPS) is 22.6. The molecule has 1 heterocycles. The van der Waals surface area contributed by atoms with Gasteiger partial charge < -0.3 is 10.6 Å². The number of piperidine rings is 1. The number of amides is 1. The van der Waals surface area contributed by atoms with Gasteiger partial charge in [-0.15, -0.1) is 0 Å². The molecule has 1 fully saturated rings. The van der Waals surface area contributed by atoms with Crippen LogP contribution >= 0.6 is 0 Å². The van der Waals surface area contributed by atoms with Gasteiger partial charge in [0.05, 0.1) is 4.92 Å². The number of anilines is 1. The van der Waals surface area contributed by atoms with Crippen LogP contribution in [0.3, 0.4) is 0 Å². The van der Waals surface area contributed by atoms with Crippen LogP contribution in [-0.4, -0.2) is 28.3 Å². The molecule has 1 aliphatic rings. The second-order valence-corrected chi connectivity index (χ2v) is 5.36. The highest BCUT2D eigenvalue weighted by Crippen LogP contribution is 2.30. The first-order chi connectivity index (χ1) is 9.43. The standard InChI is InChI=1S/C14H19N3O3/c1-9-5-4-8-16(10(9)2)14(18)11-6-3-7-12(15)13(11)17(19)20/h3,6-7,9-10H,4-5,8,15H2,1-2H3. The zero-order chi connectivity index (χ0) is 14.9. The Labute approximate surface area is 117 Å². The Kier molecular flexibility index (Phi) is 3.92. The molecule has 0 aromatic heterocycles. The molecule has 6 nitrogen and oxygen atoms in total. The summed E-state index contributed by atoms with van der Waals surface area (Å²) in [5.41, 5.74) is 5.46. The fourth-order valence-corrected chi connectivity index (χ4v) is 2.71. The third-order valence-corrected chi connectivity index (χ3v) is 4.11. The minimum Gasteiger partial charge on any atom is -0.393 e. The summed E-state index contributed by atoms with van der Waals surface area (Å²) in [6, 6.07) is 4.57. The lowest BCUT2D eigenvalue weighted by molar-refractivity contribution is -0.384. The molecule has 1 amide bonds. The van der Waals surface area contributed by atoms with Gasteiger partial charge in [-0.3, -0.25) is 14.9 Å². The maximum Gasteiger partial charge on any atom is 0.304 e. The van der Waals surface area contributed by atoms with E-state index >= 15 is 0 Å². The van der Waals surface area contributed by atoms with Crippen molar-refractivity contribution in [2.75, 3.05) is 12.3 Å². The van der Waals surface area contributed by atoms with E-state index in [2.05, 4.69) is 6.92 Å². The van der Waals surface area contributed by atoms with E-state index in [1.54, 1.807) is 11.0 Å². The maximum atomic E-state index is 12.6. The van der Waals surface area contributed by atoms with Crippen LogP contribution in [0.25, 0.3) is 0 Å². The van der Waals surface area contributed by atoms with Crippen molar-refractivity contribution >= 4 is 17.3 Å². The molecular weight excluding hydrogens is 258 g/mol. The number of rotatable bonds is 2. The summed E-state index contributed by atoms with van der Waals surface area (Å²) in [5.74, 6) is 0.0934. The van der Waals surface area contributed by atoms with Crippen molar-refractivity contribution in [2.45, 2.75) is 32.7 Å². The SMILES string of the molecule is CC1CCCN(C(=O)c2cccc(N)c2[N+](=O)[O-])C1C. The van der Waals surface area contributed by atoms with Crippen LogP contribution in [0, 0.1) is 16.0 Å². The van der Waals surface area contributed by atoms with E-state index in [9.17, 15) is 14.9 Å². The van der Waals surface area contributed by atoms with Crippen molar-refractivity contribution in [1.29, 1.82) is 0 Å². The quantitative estimate of drug-likeness (QED) is 0.510. The highest BCUT2D eigenvalue weighted by Gasteiger charge is 2.33. The van der Waals surface area contributed by atoms with Gasteiger partial charge in [-0.1, -0.05) is 13.0 Å². The number of likely N-dealkylation sites (tertiary alicyclic amines) is 1. The molecule has 2 unspecified atom stereocenters. The molecule has 0 aliphatic carbocycles. The van der Waals surface area contributed by atoms with Crippen LogP contribution in [0.4, 0.5) is 11.4 Å². The van der Waals surface area contributed by atoms with Crippen molar-refractivity contribution < 1.29 is 9.72 Å². The average molecular weight is 277 g/mol. The Hall–Kier alpha value is -2.11. The molecule has 0 spiro atoms. The monoisotopic (exact) mass is 277 g/mol. The van der Waals surface area contributed by atoms with E-state index in [1.165, 1.54) is 12.1 Å². The molecule has 1 saturated heterocycles. The van der Waals surface area contributed by atoms with Crippen molar-refractivity contribution in [3.63, 3.8) is 0 Å². The van der Waals surface area contributed by atoms with Gasteiger partial charge in [0.15, 0.2) is 0 Å². The van der Waals surface area contributed by atoms with Gasteiger partial charge in [-0.05, 0) is 37.8 Å². The highest BCUT2D eigenvalue weighted by atomic mass is 16.6. The summed E-state index contributed by atoms with van der Waals surface area (Å²) < 4.78 is 0. The number of hydrogen-bond acceptors (Lipinski definition) is 4. The minimum atomic E-state index is -0.583. The zero-order valence-electron chi connectivity index (χ0n) is 11.7. The molecular formula is C14H19N3O3. The number of carbonyl (C=O) groups is 1. The predicted octanol–water partition coefficient (Wildman–Crippen LogP) is 2.44. The fourth-order valence-electron chi connectivity index (χ4n) is 2.71. The molecule has 1 aromatic rings. The van der Waals surface area contributed by atoms with Gasteiger partial charge >= 0.3 is 5.69 Å². The van der Waals surface area contributed by atoms with E-state index in [-0.39, 0.29) is 28.9 Å². The Morgan fingerprint density at radius 2 is 2.15 bits per heavy atom. The molecule has 20 heavy (non-hydrogen) atoms. The third kappa shape index (κ3) is 2.45. The summed E-state index contributed by atoms with van der Waals surface area (Å²) in [6.07, 6.45) is 2.00. The molecule has 108 valence electrons. The van der Waals surface area contributed by atoms with Crippen LogP contribution < -0.4 is 5.73 Å². The van der Waals surface area contributed by atoms with Gasteiger partial charge in [0.1, 0.15) is 11.3 Å².